The molecule has 0 radical (unpaired) electrons. The number of aryl methyl sites for hydroxylation is 2. The van der Waals surface area contributed by atoms with E-state index in [0.717, 1.165) is 21.4 Å². The Labute approximate surface area is 134 Å². The number of halogens is 4. The molecule has 0 saturated carbocycles. The maximum atomic E-state index is 13.3. The van der Waals surface area contributed by atoms with Crippen LogP contribution < -0.4 is 5.32 Å². The van der Waals surface area contributed by atoms with E-state index in [9.17, 15) is 13.2 Å². The Morgan fingerprint density at radius 2 is 1.86 bits per heavy atom. The first-order chi connectivity index (χ1) is 9.74. The summed E-state index contributed by atoms with van der Waals surface area (Å²) < 4.78 is 40.3. The van der Waals surface area contributed by atoms with Gasteiger partial charge in [-0.15, -0.1) is 11.3 Å². The molecule has 0 bridgehead atoms. The predicted molar refractivity (Wildman–Crippen MR) is 83.8 cm³/mol. The first kappa shape index (κ1) is 16.5. The molecule has 2 aromatic rings. The molecule has 2 rings (SSSR count). The molecule has 0 saturated heterocycles. The monoisotopic (exact) mass is 377 g/mol. The summed E-state index contributed by atoms with van der Waals surface area (Å²) >= 11 is 4.64. The summed E-state index contributed by atoms with van der Waals surface area (Å²) in [4.78, 5) is 2.01. The summed E-state index contributed by atoms with van der Waals surface area (Å²) in [6, 6.07) is 5.84. The van der Waals surface area contributed by atoms with Crippen LogP contribution in [-0.2, 0) is 6.18 Å². The van der Waals surface area contributed by atoms with Gasteiger partial charge in [0.1, 0.15) is 0 Å². The van der Waals surface area contributed by atoms with Gasteiger partial charge in [-0.2, -0.15) is 13.2 Å². The summed E-state index contributed by atoms with van der Waals surface area (Å²) in [6.07, 6.45) is -4.38. The summed E-state index contributed by atoms with van der Waals surface area (Å²) in [5, 5.41) is 3.02. The summed E-state index contributed by atoms with van der Waals surface area (Å²) in [5.41, 5.74) is 0.646. The van der Waals surface area contributed by atoms with Gasteiger partial charge in [0, 0.05) is 14.2 Å². The minimum atomic E-state index is -4.38. The van der Waals surface area contributed by atoms with Crippen LogP contribution in [0.5, 0.6) is 0 Å². The van der Waals surface area contributed by atoms with Crippen molar-refractivity contribution in [3.8, 4) is 0 Å². The number of hydrogen-bond donors (Lipinski definition) is 1. The molecule has 0 aliphatic heterocycles. The van der Waals surface area contributed by atoms with E-state index in [1.54, 1.807) is 13.1 Å². The van der Waals surface area contributed by atoms with Crippen molar-refractivity contribution in [2.75, 3.05) is 7.05 Å². The highest BCUT2D eigenvalue weighted by Crippen LogP contribution is 2.40. The van der Waals surface area contributed by atoms with Gasteiger partial charge in [-0.3, -0.25) is 0 Å². The lowest BCUT2D eigenvalue weighted by molar-refractivity contribution is -0.138. The van der Waals surface area contributed by atoms with Gasteiger partial charge in [-0.05, 0) is 50.2 Å². The molecule has 0 amide bonds. The highest BCUT2D eigenvalue weighted by atomic mass is 79.9. The average Bonchev–Trinajstić information content (AvgIpc) is 2.70. The fourth-order valence-electron chi connectivity index (χ4n) is 2.40. The van der Waals surface area contributed by atoms with Crippen LogP contribution in [-0.4, -0.2) is 7.05 Å². The fraction of sp³-hybridized carbons (Fsp3) is 0.333. The van der Waals surface area contributed by atoms with E-state index in [2.05, 4.69) is 21.2 Å². The maximum absolute atomic E-state index is 13.3. The van der Waals surface area contributed by atoms with Crippen molar-refractivity contribution in [3.63, 3.8) is 0 Å². The van der Waals surface area contributed by atoms with Gasteiger partial charge < -0.3 is 5.32 Å². The Hall–Kier alpha value is -0.850. The van der Waals surface area contributed by atoms with Crippen LogP contribution in [0, 0.1) is 13.8 Å². The zero-order valence-electron chi connectivity index (χ0n) is 11.8. The Morgan fingerprint density at radius 1 is 1.19 bits per heavy atom. The van der Waals surface area contributed by atoms with Crippen molar-refractivity contribution in [3.05, 3.63) is 55.2 Å². The van der Waals surface area contributed by atoms with Crippen molar-refractivity contribution >= 4 is 27.3 Å². The molecule has 1 heterocycles. The molecule has 114 valence electrons. The van der Waals surface area contributed by atoms with Crippen LogP contribution in [0.2, 0.25) is 0 Å². The number of thiophene rings is 1. The molecular formula is C15H15BrF3NS. The third-order valence-corrected chi connectivity index (χ3v) is 4.97. The van der Waals surface area contributed by atoms with Crippen LogP contribution in [0.4, 0.5) is 13.2 Å². The molecule has 1 unspecified atom stereocenters. The Bertz CT molecular complexity index is 649. The fourth-order valence-corrected chi connectivity index (χ4v) is 3.93. The van der Waals surface area contributed by atoms with Crippen LogP contribution in [0.3, 0.4) is 0 Å². The van der Waals surface area contributed by atoms with E-state index in [-0.39, 0.29) is 5.56 Å². The second kappa shape index (κ2) is 6.10. The van der Waals surface area contributed by atoms with Crippen molar-refractivity contribution < 1.29 is 13.2 Å². The van der Waals surface area contributed by atoms with Crippen LogP contribution >= 0.6 is 27.3 Å². The lowest BCUT2D eigenvalue weighted by Crippen LogP contribution is -2.21. The molecule has 6 heteroatoms. The van der Waals surface area contributed by atoms with Gasteiger partial charge in [-0.25, -0.2) is 0 Å². The van der Waals surface area contributed by atoms with Gasteiger partial charge in [-0.1, -0.05) is 22.0 Å². The average molecular weight is 378 g/mol. The van der Waals surface area contributed by atoms with E-state index in [0.29, 0.717) is 4.47 Å². The minimum absolute atomic E-state index is 0.248. The Kier molecular flexibility index (Phi) is 4.80. The van der Waals surface area contributed by atoms with Crippen molar-refractivity contribution in [1.29, 1.82) is 0 Å². The number of rotatable bonds is 3. The first-order valence-corrected chi connectivity index (χ1v) is 7.96. The molecule has 1 aromatic carbocycles. The topological polar surface area (TPSA) is 12.0 Å². The van der Waals surface area contributed by atoms with Crippen LogP contribution in [0.1, 0.15) is 32.5 Å². The molecule has 0 aliphatic rings. The zero-order chi connectivity index (χ0) is 15.8. The van der Waals surface area contributed by atoms with Crippen LogP contribution in [0.15, 0.2) is 28.7 Å². The minimum Gasteiger partial charge on any atom is -0.309 e. The molecule has 0 aliphatic carbocycles. The Morgan fingerprint density at radius 3 is 2.33 bits per heavy atom. The SMILES string of the molecule is CNC(c1ccc(Br)cc1C(F)(F)F)c1sc(C)cc1C. The van der Waals surface area contributed by atoms with Crippen molar-refractivity contribution in [2.45, 2.75) is 26.1 Å². The second-order valence-electron chi connectivity index (χ2n) is 4.86. The number of hydrogen-bond acceptors (Lipinski definition) is 2. The van der Waals surface area contributed by atoms with E-state index in [1.165, 1.54) is 17.4 Å². The number of nitrogens with one attached hydrogen (secondary N) is 1. The highest BCUT2D eigenvalue weighted by molar-refractivity contribution is 9.10. The summed E-state index contributed by atoms with van der Waals surface area (Å²) in [7, 11) is 1.68. The van der Waals surface area contributed by atoms with Crippen molar-refractivity contribution in [1.82, 2.24) is 5.32 Å². The largest absolute Gasteiger partial charge is 0.416 e. The normalized spacial score (nSPS) is 13.5. The second-order valence-corrected chi connectivity index (χ2v) is 7.06. The van der Waals surface area contributed by atoms with E-state index in [4.69, 9.17) is 0 Å². The third-order valence-electron chi connectivity index (χ3n) is 3.26. The highest BCUT2D eigenvalue weighted by Gasteiger charge is 2.36. The Balaban J connectivity index is 2.60. The van der Waals surface area contributed by atoms with E-state index >= 15 is 0 Å². The molecule has 1 atom stereocenters. The van der Waals surface area contributed by atoms with Gasteiger partial charge in [0.25, 0.3) is 0 Å². The quantitative estimate of drug-likeness (QED) is 0.749. The lowest BCUT2D eigenvalue weighted by Gasteiger charge is -2.21. The molecule has 1 nitrogen and oxygen atoms in total. The standard InChI is InChI=1S/C15H15BrF3NS/c1-8-6-9(2)21-14(8)13(20-3)11-5-4-10(16)7-12(11)15(17,18)19/h4-7,13,20H,1-3H3. The lowest BCUT2D eigenvalue weighted by atomic mass is 9.97. The van der Waals surface area contributed by atoms with Gasteiger partial charge >= 0.3 is 6.18 Å². The molecule has 1 aromatic heterocycles. The third kappa shape index (κ3) is 3.49. The summed E-state index contributed by atoms with van der Waals surface area (Å²) in [6.45, 7) is 3.88. The molecule has 0 spiro atoms. The summed E-state index contributed by atoms with van der Waals surface area (Å²) in [5.74, 6) is 0. The maximum Gasteiger partial charge on any atom is 0.416 e. The number of benzene rings is 1. The first-order valence-electron chi connectivity index (χ1n) is 6.35. The van der Waals surface area contributed by atoms with Gasteiger partial charge in [0.05, 0.1) is 11.6 Å². The molecule has 0 fully saturated rings. The van der Waals surface area contributed by atoms with Crippen LogP contribution in [0.25, 0.3) is 0 Å². The predicted octanol–water partition coefficient (Wildman–Crippen LogP) is 5.46. The molecule has 1 N–H and O–H groups in total. The molecule has 21 heavy (non-hydrogen) atoms. The number of alkyl halides is 3. The van der Waals surface area contributed by atoms with Gasteiger partial charge in [0.2, 0.25) is 0 Å². The molecular weight excluding hydrogens is 363 g/mol. The van der Waals surface area contributed by atoms with E-state index < -0.39 is 17.8 Å². The van der Waals surface area contributed by atoms with Crippen molar-refractivity contribution in [2.24, 2.45) is 0 Å². The van der Waals surface area contributed by atoms with E-state index in [1.807, 2.05) is 19.9 Å². The zero-order valence-corrected chi connectivity index (χ0v) is 14.2. The smallest absolute Gasteiger partial charge is 0.309 e. The van der Waals surface area contributed by atoms with Gasteiger partial charge in [0.15, 0.2) is 0 Å².